The predicted octanol–water partition coefficient (Wildman–Crippen LogP) is 6.37. The first kappa shape index (κ1) is 27.3. The van der Waals surface area contributed by atoms with Crippen LogP contribution >= 0.6 is 0 Å². The lowest BCUT2D eigenvalue weighted by Crippen LogP contribution is -2.43. The maximum absolute atomic E-state index is 12.6. The molecule has 4 aromatic carbocycles. The maximum atomic E-state index is 12.6. The number of hydrogen-bond donors (Lipinski definition) is 2. The second kappa shape index (κ2) is 12.7. The van der Waals surface area contributed by atoms with Crippen LogP contribution in [0.3, 0.4) is 0 Å². The van der Waals surface area contributed by atoms with Crippen molar-refractivity contribution in [3.63, 3.8) is 0 Å². The minimum atomic E-state index is -0.903. The van der Waals surface area contributed by atoms with E-state index in [1.165, 1.54) is 0 Å². The molecular formula is C32H36N2O4. The SMILES string of the molecule is CCCN(CCN(CCC)C(C(=O)O)c1ccc2ccccc2c1)C(C(=O)O)c1ccc2ccccc2c1. The summed E-state index contributed by atoms with van der Waals surface area (Å²) < 4.78 is 0. The molecule has 38 heavy (non-hydrogen) atoms. The van der Waals surface area contributed by atoms with Crippen molar-refractivity contribution in [1.29, 1.82) is 0 Å². The summed E-state index contributed by atoms with van der Waals surface area (Å²) in [4.78, 5) is 29.1. The van der Waals surface area contributed by atoms with Crippen molar-refractivity contribution in [2.75, 3.05) is 26.2 Å². The second-order valence-electron chi connectivity index (χ2n) is 9.77. The van der Waals surface area contributed by atoms with Crippen LogP contribution in [-0.2, 0) is 9.59 Å². The van der Waals surface area contributed by atoms with Crippen LogP contribution < -0.4 is 0 Å². The number of nitrogens with zero attached hydrogens (tertiary/aromatic N) is 2. The summed E-state index contributed by atoms with van der Waals surface area (Å²) in [6.45, 7) is 6.13. The molecule has 0 aliphatic carbocycles. The Balaban J connectivity index is 1.62. The minimum Gasteiger partial charge on any atom is -0.480 e. The maximum Gasteiger partial charge on any atom is 0.325 e. The largest absolute Gasteiger partial charge is 0.480 e. The third-order valence-corrected chi connectivity index (χ3v) is 7.07. The van der Waals surface area contributed by atoms with Crippen LogP contribution in [0.5, 0.6) is 0 Å². The Kier molecular flexibility index (Phi) is 9.10. The molecule has 0 bridgehead atoms. The van der Waals surface area contributed by atoms with Gasteiger partial charge in [-0.15, -0.1) is 0 Å². The highest BCUT2D eigenvalue weighted by molar-refractivity contribution is 5.86. The Labute approximate surface area is 224 Å². The van der Waals surface area contributed by atoms with Crippen molar-refractivity contribution in [2.45, 2.75) is 38.8 Å². The third-order valence-electron chi connectivity index (χ3n) is 7.07. The van der Waals surface area contributed by atoms with Gasteiger partial charge in [-0.2, -0.15) is 0 Å². The normalized spacial score (nSPS) is 13.3. The second-order valence-corrected chi connectivity index (χ2v) is 9.77. The van der Waals surface area contributed by atoms with Gasteiger partial charge >= 0.3 is 11.9 Å². The lowest BCUT2D eigenvalue weighted by Gasteiger charge is -2.34. The van der Waals surface area contributed by atoms with Gasteiger partial charge in [0.25, 0.3) is 0 Å². The molecule has 0 aromatic heterocycles. The van der Waals surface area contributed by atoms with Gasteiger partial charge in [0.2, 0.25) is 0 Å². The van der Waals surface area contributed by atoms with Crippen molar-refractivity contribution in [3.05, 3.63) is 96.1 Å². The van der Waals surface area contributed by atoms with Gasteiger partial charge in [-0.05, 0) is 70.7 Å². The van der Waals surface area contributed by atoms with E-state index in [2.05, 4.69) is 0 Å². The first-order valence-corrected chi connectivity index (χ1v) is 13.3. The van der Waals surface area contributed by atoms with Gasteiger partial charge in [-0.1, -0.05) is 86.6 Å². The fourth-order valence-corrected chi connectivity index (χ4v) is 5.35. The van der Waals surface area contributed by atoms with Gasteiger partial charge in [0.15, 0.2) is 0 Å². The summed E-state index contributed by atoms with van der Waals surface area (Å²) in [5.74, 6) is -1.81. The van der Waals surface area contributed by atoms with E-state index < -0.39 is 24.0 Å². The number of carbonyl (C=O) groups is 2. The molecule has 0 aliphatic heterocycles. The van der Waals surface area contributed by atoms with Crippen molar-refractivity contribution in [2.24, 2.45) is 0 Å². The first-order chi connectivity index (χ1) is 18.4. The monoisotopic (exact) mass is 512 g/mol. The Morgan fingerprint density at radius 1 is 0.579 bits per heavy atom. The fourth-order valence-electron chi connectivity index (χ4n) is 5.35. The molecule has 4 aromatic rings. The number of benzene rings is 4. The number of hydrogen-bond acceptors (Lipinski definition) is 4. The Morgan fingerprint density at radius 3 is 1.29 bits per heavy atom. The van der Waals surface area contributed by atoms with Crippen molar-refractivity contribution in [3.8, 4) is 0 Å². The van der Waals surface area contributed by atoms with E-state index in [4.69, 9.17) is 0 Å². The number of aliphatic carboxylic acids is 2. The summed E-state index contributed by atoms with van der Waals surface area (Å²) in [5, 5.41) is 24.7. The summed E-state index contributed by atoms with van der Waals surface area (Å²) >= 11 is 0. The van der Waals surface area contributed by atoms with E-state index in [1.807, 2.05) is 109 Å². The molecule has 0 aliphatic rings. The lowest BCUT2D eigenvalue weighted by atomic mass is 9.99. The highest BCUT2D eigenvalue weighted by Crippen LogP contribution is 2.28. The Hall–Kier alpha value is -3.74. The van der Waals surface area contributed by atoms with E-state index in [9.17, 15) is 19.8 Å². The van der Waals surface area contributed by atoms with Gasteiger partial charge in [-0.3, -0.25) is 19.4 Å². The van der Waals surface area contributed by atoms with E-state index in [1.54, 1.807) is 0 Å². The standard InChI is InChI=1S/C32H36N2O4/c1-3-17-33(29(31(35)36)27-15-13-23-9-5-7-11-25(23)21-27)19-20-34(18-4-2)30(32(37)38)28-16-14-24-10-6-8-12-26(24)22-28/h5-16,21-22,29-30H,3-4,17-20H2,1-2H3,(H,35,36)(H,37,38). The number of carboxylic acid groups (broad SMARTS) is 2. The molecule has 0 heterocycles. The van der Waals surface area contributed by atoms with Crippen LogP contribution in [0.15, 0.2) is 84.9 Å². The number of fused-ring (bicyclic) bond motifs is 2. The van der Waals surface area contributed by atoms with Gasteiger partial charge < -0.3 is 10.2 Å². The summed E-state index contributed by atoms with van der Waals surface area (Å²) in [6.07, 6.45) is 1.58. The minimum absolute atomic E-state index is 0.439. The average Bonchev–Trinajstić information content (AvgIpc) is 2.91. The molecule has 0 amide bonds. The molecule has 6 heteroatoms. The molecular weight excluding hydrogens is 476 g/mol. The van der Waals surface area contributed by atoms with E-state index in [0.717, 1.165) is 45.5 Å². The Morgan fingerprint density at radius 2 is 0.947 bits per heavy atom. The molecule has 6 nitrogen and oxygen atoms in total. The van der Waals surface area contributed by atoms with Crippen LogP contribution in [0.4, 0.5) is 0 Å². The average molecular weight is 513 g/mol. The highest BCUT2D eigenvalue weighted by Gasteiger charge is 2.31. The van der Waals surface area contributed by atoms with Crippen molar-refractivity contribution in [1.82, 2.24) is 9.80 Å². The zero-order valence-corrected chi connectivity index (χ0v) is 22.1. The first-order valence-electron chi connectivity index (χ1n) is 13.3. The zero-order chi connectivity index (χ0) is 27.1. The molecule has 0 radical (unpaired) electrons. The molecule has 4 rings (SSSR count). The molecule has 0 saturated heterocycles. The van der Waals surface area contributed by atoms with E-state index >= 15 is 0 Å². The number of rotatable bonds is 13. The molecule has 198 valence electrons. The zero-order valence-electron chi connectivity index (χ0n) is 22.1. The molecule has 0 saturated carbocycles. The smallest absolute Gasteiger partial charge is 0.325 e. The highest BCUT2D eigenvalue weighted by atomic mass is 16.4. The number of carboxylic acids is 2. The predicted molar refractivity (Wildman–Crippen MR) is 152 cm³/mol. The van der Waals surface area contributed by atoms with Crippen LogP contribution in [0, 0.1) is 0 Å². The Bertz CT molecular complexity index is 1300. The molecule has 2 N–H and O–H groups in total. The quantitative estimate of drug-likeness (QED) is 0.217. The molecule has 2 unspecified atom stereocenters. The van der Waals surface area contributed by atoms with Crippen LogP contribution in [0.2, 0.25) is 0 Å². The summed E-state index contributed by atoms with van der Waals surface area (Å²) in [7, 11) is 0. The third kappa shape index (κ3) is 6.21. The van der Waals surface area contributed by atoms with Crippen LogP contribution in [0.25, 0.3) is 21.5 Å². The van der Waals surface area contributed by atoms with Gasteiger partial charge in [0.05, 0.1) is 0 Å². The molecule has 2 atom stereocenters. The van der Waals surface area contributed by atoms with Gasteiger partial charge in [0, 0.05) is 13.1 Å². The fraction of sp³-hybridized carbons (Fsp3) is 0.312. The van der Waals surface area contributed by atoms with Crippen molar-refractivity contribution < 1.29 is 19.8 Å². The van der Waals surface area contributed by atoms with Gasteiger partial charge in [0.1, 0.15) is 12.1 Å². The van der Waals surface area contributed by atoms with Crippen molar-refractivity contribution >= 4 is 33.5 Å². The lowest BCUT2D eigenvalue weighted by molar-refractivity contribution is -0.146. The van der Waals surface area contributed by atoms with E-state index in [0.29, 0.717) is 26.2 Å². The van der Waals surface area contributed by atoms with Crippen LogP contribution in [-0.4, -0.2) is 58.1 Å². The van der Waals surface area contributed by atoms with E-state index in [-0.39, 0.29) is 0 Å². The summed E-state index contributed by atoms with van der Waals surface area (Å²) in [6, 6.07) is 25.9. The van der Waals surface area contributed by atoms with Gasteiger partial charge in [-0.25, -0.2) is 0 Å². The molecule has 0 fully saturated rings. The summed E-state index contributed by atoms with van der Waals surface area (Å²) in [5.41, 5.74) is 1.46. The van der Waals surface area contributed by atoms with Crippen LogP contribution in [0.1, 0.15) is 49.9 Å². The topological polar surface area (TPSA) is 81.1 Å². The molecule has 0 spiro atoms.